The van der Waals surface area contributed by atoms with Gasteiger partial charge in [0.05, 0.1) is 23.1 Å². The van der Waals surface area contributed by atoms with Gasteiger partial charge < -0.3 is 4.74 Å². The first kappa shape index (κ1) is 18.7. The monoisotopic (exact) mass is 403 g/mol. The average Bonchev–Trinajstić information content (AvgIpc) is 3.46. The van der Waals surface area contributed by atoms with Gasteiger partial charge in [0.15, 0.2) is 12.4 Å². The Balaban J connectivity index is 1.26. The molecule has 5 rings (SSSR count). The maximum atomic E-state index is 12.9. The molecule has 3 aliphatic rings. The summed E-state index contributed by atoms with van der Waals surface area (Å²) in [7, 11) is 0. The van der Waals surface area contributed by atoms with Crippen LogP contribution in [0, 0.1) is 23.7 Å². The van der Waals surface area contributed by atoms with Gasteiger partial charge in [0.1, 0.15) is 0 Å². The fourth-order valence-corrected chi connectivity index (χ4v) is 5.33. The van der Waals surface area contributed by atoms with Crippen LogP contribution >= 0.6 is 0 Å². The number of carbonyl (C=O) groups excluding carboxylic acids is 4. The lowest BCUT2D eigenvalue weighted by Crippen LogP contribution is -2.32. The molecule has 2 amide bonds. The second-order valence-corrected chi connectivity index (χ2v) is 8.31. The van der Waals surface area contributed by atoms with Crippen LogP contribution in [0.25, 0.3) is 0 Å². The zero-order chi connectivity index (χ0) is 20.8. The Kier molecular flexibility index (Phi) is 4.50. The van der Waals surface area contributed by atoms with E-state index in [9.17, 15) is 19.2 Å². The van der Waals surface area contributed by atoms with E-state index in [1.54, 1.807) is 42.5 Å². The molecule has 0 aromatic heterocycles. The summed E-state index contributed by atoms with van der Waals surface area (Å²) in [6, 6.07) is 14.8. The lowest BCUT2D eigenvalue weighted by Gasteiger charge is -2.19. The Labute approximate surface area is 173 Å². The molecule has 2 aromatic carbocycles. The Hall–Kier alpha value is -3.28. The smallest absolute Gasteiger partial charge is 0.338 e. The van der Waals surface area contributed by atoms with Gasteiger partial charge in [0.2, 0.25) is 11.8 Å². The van der Waals surface area contributed by atoms with Crippen LogP contribution in [0.4, 0.5) is 5.69 Å². The number of benzene rings is 2. The normalized spacial score (nSPS) is 26.7. The van der Waals surface area contributed by atoms with Gasteiger partial charge in [0.25, 0.3) is 0 Å². The molecule has 1 aliphatic heterocycles. The highest BCUT2D eigenvalue weighted by atomic mass is 16.5. The first-order valence-corrected chi connectivity index (χ1v) is 10.3. The molecule has 4 unspecified atom stereocenters. The Morgan fingerprint density at radius 1 is 0.833 bits per heavy atom. The van der Waals surface area contributed by atoms with Crippen LogP contribution in [0.15, 0.2) is 54.6 Å². The van der Waals surface area contributed by atoms with Crippen molar-refractivity contribution >= 4 is 29.3 Å². The van der Waals surface area contributed by atoms with E-state index >= 15 is 0 Å². The molecule has 2 bridgehead atoms. The zero-order valence-corrected chi connectivity index (χ0v) is 16.3. The van der Waals surface area contributed by atoms with Crippen molar-refractivity contribution in [3.05, 3.63) is 65.7 Å². The van der Waals surface area contributed by atoms with E-state index in [0.29, 0.717) is 23.1 Å². The minimum absolute atomic E-state index is 0.110. The Morgan fingerprint density at radius 2 is 1.43 bits per heavy atom. The zero-order valence-electron chi connectivity index (χ0n) is 16.3. The van der Waals surface area contributed by atoms with Crippen molar-refractivity contribution in [1.29, 1.82) is 0 Å². The summed E-state index contributed by atoms with van der Waals surface area (Å²) in [5.74, 6) is -0.817. The van der Waals surface area contributed by atoms with Crippen molar-refractivity contribution < 1.29 is 23.9 Å². The third-order valence-electron chi connectivity index (χ3n) is 6.72. The molecule has 0 spiro atoms. The van der Waals surface area contributed by atoms with Crippen LogP contribution in [-0.2, 0) is 14.3 Å². The van der Waals surface area contributed by atoms with Crippen LogP contribution < -0.4 is 4.90 Å². The first-order chi connectivity index (χ1) is 14.5. The molecular weight excluding hydrogens is 382 g/mol. The number of esters is 1. The molecular formula is C24H21NO5. The number of amides is 2. The number of hydrogen-bond acceptors (Lipinski definition) is 5. The van der Waals surface area contributed by atoms with Crippen LogP contribution in [0.3, 0.4) is 0 Å². The molecule has 3 fully saturated rings. The number of rotatable bonds is 5. The molecule has 30 heavy (non-hydrogen) atoms. The van der Waals surface area contributed by atoms with Crippen molar-refractivity contribution in [2.24, 2.45) is 23.7 Å². The van der Waals surface area contributed by atoms with Crippen molar-refractivity contribution in [2.75, 3.05) is 11.5 Å². The first-order valence-electron chi connectivity index (χ1n) is 10.3. The van der Waals surface area contributed by atoms with Gasteiger partial charge in [-0.15, -0.1) is 0 Å². The lowest BCUT2D eigenvalue weighted by molar-refractivity contribution is -0.123. The summed E-state index contributed by atoms with van der Waals surface area (Å²) in [6.45, 7) is -0.347. The molecule has 1 heterocycles. The van der Waals surface area contributed by atoms with E-state index in [0.717, 1.165) is 19.3 Å². The number of Topliss-reactive ketones (excluding diaryl/α,β-unsaturated/α-hetero) is 1. The molecule has 152 valence electrons. The van der Waals surface area contributed by atoms with Gasteiger partial charge in [-0.25, -0.2) is 4.79 Å². The van der Waals surface area contributed by atoms with Crippen molar-refractivity contribution in [3.8, 4) is 0 Å². The van der Waals surface area contributed by atoms with Crippen LogP contribution in [0.1, 0.15) is 40.0 Å². The number of hydrogen-bond donors (Lipinski definition) is 0. The molecule has 4 atom stereocenters. The highest BCUT2D eigenvalue weighted by molar-refractivity contribution is 6.22. The minimum atomic E-state index is -0.625. The second-order valence-electron chi connectivity index (χ2n) is 8.31. The number of fused-ring (bicyclic) bond motifs is 5. The maximum absolute atomic E-state index is 12.9. The minimum Gasteiger partial charge on any atom is -0.454 e. The molecule has 0 radical (unpaired) electrons. The van der Waals surface area contributed by atoms with Gasteiger partial charge in [0, 0.05) is 5.56 Å². The number of nitrogens with zero attached hydrogens (tertiary/aromatic N) is 1. The second kappa shape index (κ2) is 7.20. The number of ether oxygens (including phenoxy) is 1. The lowest BCUT2D eigenvalue weighted by atomic mass is 9.81. The third kappa shape index (κ3) is 2.95. The van der Waals surface area contributed by atoms with Gasteiger partial charge in [-0.05, 0) is 55.4 Å². The van der Waals surface area contributed by atoms with Gasteiger partial charge in [-0.2, -0.15) is 0 Å². The summed E-state index contributed by atoms with van der Waals surface area (Å²) >= 11 is 0. The van der Waals surface area contributed by atoms with Crippen molar-refractivity contribution in [3.63, 3.8) is 0 Å². The van der Waals surface area contributed by atoms with Gasteiger partial charge in [-0.3, -0.25) is 19.3 Å². The Bertz CT molecular complexity index is 1000. The molecule has 6 nitrogen and oxygen atoms in total. The maximum Gasteiger partial charge on any atom is 0.338 e. The fraction of sp³-hybridized carbons (Fsp3) is 0.333. The molecule has 1 saturated heterocycles. The van der Waals surface area contributed by atoms with Gasteiger partial charge >= 0.3 is 5.97 Å². The number of imide groups is 1. The summed E-state index contributed by atoms with van der Waals surface area (Å²) < 4.78 is 5.11. The van der Waals surface area contributed by atoms with Crippen molar-refractivity contribution in [1.82, 2.24) is 0 Å². The molecule has 2 saturated carbocycles. The van der Waals surface area contributed by atoms with Crippen LogP contribution in [-0.4, -0.2) is 30.2 Å². The predicted molar refractivity (Wildman–Crippen MR) is 108 cm³/mol. The highest BCUT2D eigenvalue weighted by Gasteiger charge is 2.61. The van der Waals surface area contributed by atoms with E-state index in [1.807, 2.05) is 0 Å². The molecule has 0 N–H and O–H groups in total. The van der Waals surface area contributed by atoms with Crippen LogP contribution in [0.5, 0.6) is 0 Å². The van der Waals surface area contributed by atoms with E-state index in [-0.39, 0.29) is 41.6 Å². The Morgan fingerprint density at radius 3 is 2.03 bits per heavy atom. The summed E-state index contributed by atoms with van der Waals surface area (Å²) in [6.07, 6.45) is 3.06. The van der Waals surface area contributed by atoms with Crippen LogP contribution in [0.2, 0.25) is 0 Å². The number of carbonyl (C=O) groups is 4. The van der Waals surface area contributed by atoms with Crippen molar-refractivity contribution in [2.45, 2.75) is 19.3 Å². The molecule has 2 aliphatic carbocycles. The van der Waals surface area contributed by atoms with Gasteiger partial charge in [-0.1, -0.05) is 30.3 Å². The number of anilines is 1. The molecule has 2 aromatic rings. The predicted octanol–water partition coefficient (Wildman–Crippen LogP) is 3.26. The van der Waals surface area contributed by atoms with E-state index in [4.69, 9.17) is 4.74 Å². The summed E-state index contributed by atoms with van der Waals surface area (Å²) in [5.41, 5.74) is 1.22. The standard InChI is InChI=1S/C24H21NO5/c26-19(14-4-2-1-3-5-14)13-30-24(29)15-8-10-18(11-9-15)25-22(27)20-16-6-7-17(12-16)21(20)23(25)28/h1-5,8-11,16-17,20-21H,6-7,12-13H2. The van der Waals surface area contributed by atoms with E-state index < -0.39 is 5.97 Å². The SMILES string of the molecule is O=C(COC(=O)c1ccc(N2C(=O)C3C4CCC(C4)C3C2=O)cc1)c1ccccc1. The largest absolute Gasteiger partial charge is 0.454 e. The number of ketones is 1. The fourth-order valence-electron chi connectivity index (χ4n) is 5.33. The summed E-state index contributed by atoms with van der Waals surface area (Å²) in [5, 5.41) is 0. The van der Waals surface area contributed by atoms with E-state index in [1.165, 1.54) is 17.0 Å². The average molecular weight is 403 g/mol. The topological polar surface area (TPSA) is 80.8 Å². The molecule has 6 heteroatoms. The van der Waals surface area contributed by atoms with E-state index in [2.05, 4.69) is 0 Å². The highest BCUT2D eigenvalue weighted by Crippen LogP contribution is 2.56. The summed E-state index contributed by atoms with van der Waals surface area (Å²) in [4.78, 5) is 51.4. The quantitative estimate of drug-likeness (QED) is 0.435. The third-order valence-corrected chi connectivity index (χ3v) is 6.72.